The summed E-state index contributed by atoms with van der Waals surface area (Å²) in [6.07, 6.45) is 3.93. The molecule has 0 saturated carbocycles. The van der Waals surface area contributed by atoms with E-state index >= 15 is 0 Å². The highest BCUT2D eigenvalue weighted by Crippen LogP contribution is 2.42. The van der Waals surface area contributed by atoms with Crippen molar-refractivity contribution in [1.82, 2.24) is 16.0 Å². The Hall–Kier alpha value is -6.74. The first-order valence-electron chi connectivity index (χ1n) is 22.6. The number of carbonyl (C=O) groups is 1. The van der Waals surface area contributed by atoms with Gasteiger partial charge in [0, 0.05) is 108 Å². The third kappa shape index (κ3) is 12.2. The van der Waals surface area contributed by atoms with Crippen LogP contribution in [-0.2, 0) is 36.9 Å². The van der Waals surface area contributed by atoms with Crippen LogP contribution in [0.4, 0.5) is 0 Å². The Labute approximate surface area is 405 Å². The molecule has 0 saturated heterocycles. The number of nitrogens with one attached hydrogen (secondary N) is 3. The minimum atomic E-state index is -0.289. The van der Waals surface area contributed by atoms with Crippen LogP contribution < -0.4 is 63.3 Å². The van der Waals surface area contributed by atoms with Crippen LogP contribution in [0.2, 0.25) is 0 Å². The zero-order valence-corrected chi connectivity index (χ0v) is 41.8. The van der Waals surface area contributed by atoms with Crippen molar-refractivity contribution >= 4 is 23.2 Å². The van der Waals surface area contributed by atoms with Gasteiger partial charge in [-0.2, -0.15) is 0 Å². The second-order valence-electron chi connectivity index (χ2n) is 16.2. The molecule has 5 aromatic carbocycles. The highest BCUT2D eigenvalue weighted by atomic mass is 32.1. The largest absolute Gasteiger partial charge is 0.496 e. The summed E-state index contributed by atoms with van der Waals surface area (Å²) in [5, 5.41) is 9.31. The van der Waals surface area contributed by atoms with E-state index in [1.807, 2.05) is 60.7 Å². The van der Waals surface area contributed by atoms with Crippen LogP contribution in [-0.4, -0.2) is 101 Å². The topological polar surface area (TPSA) is 145 Å². The molecule has 0 atom stereocenters. The van der Waals surface area contributed by atoms with Gasteiger partial charge in [0.05, 0.1) is 63.5 Å². The van der Waals surface area contributed by atoms with Crippen molar-refractivity contribution < 1.29 is 52.2 Å². The zero-order valence-electron chi connectivity index (χ0n) is 41.0. The van der Waals surface area contributed by atoms with Crippen molar-refractivity contribution in [3.05, 3.63) is 116 Å². The highest BCUT2D eigenvalue weighted by Gasteiger charge is 2.24. The monoisotopic (exact) mass is 951 g/mol. The van der Waals surface area contributed by atoms with Crippen LogP contribution in [0, 0.1) is 0 Å². The first-order valence-corrected chi connectivity index (χ1v) is 23.0. The van der Waals surface area contributed by atoms with Gasteiger partial charge in [-0.05, 0) is 79.3 Å². The maximum atomic E-state index is 13.3. The van der Waals surface area contributed by atoms with E-state index in [0.29, 0.717) is 114 Å². The number of ether oxygens (including phenoxy) is 10. The number of amides is 1. The van der Waals surface area contributed by atoms with E-state index in [1.165, 1.54) is 0 Å². The van der Waals surface area contributed by atoms with Crippen molar-refractivity contribution in [2.75, 3.05) is 90.2 Å². The highest BCUT2D eigenvalue weighted by molar-refractivity contribution is 7.80. The second kappa shape index (κ2) is 24.3. The average Bonchev–Trinajstić information content (AvgIpc) is 3.35. The fourth-order valence-corrected chi connectivity index (χ4v) is 8.51. The molecule has 1 amide bonds. The molecule has 3 N–H and O–H groups in total. The molecule has 15 rings (SSSR count). The number of unbranched alkanes of at least 4 members (excludes halogenated alkanes) is 1. The van der Waals surface area contributed by atoms with Crippen molar-refractivity contribution in [2.45, 2.75) is 51.9 Å². The second-order valence-corrected chi connectivity index (χ2v) is 16.6. The van der Waals surface area contributed by atoms with E-state index in [0.717, 1.165) is 68.5 Å². The summed E-state index contributed by atoms with van der Waals surface area (Å²) in [6, 6.07) is 20.0. The third-order valence-corrected chi connectivity index (χ3v) is 12.3. The molecule has 0 aliphatic heterocycles. The minimum Gasteiger partial charge on any atom is -0.496 e. The zero-order chi connectivity index (χ0) is 48.7. The van der Waals surface area contributed by atoms with Crippen LogP contribution in [0.15, 0.2) is 60.7 Å². The molecule has 10 aliphatic rings. The standard InChI is InChI=1S/C53H65N3O11S/c1-11-12-15-66-50-29-41-20-39-28-47(63-8)37(26-49(39)65-10)18-35-24-43(59-4)33(22-45(35)61-6)16-32-21-44(60-5)34(23-42(32)58-3)17-36-25-48(64-9)38(27-46(36)62-7)19-40(50)30-51(41)67-31-52(57)55-13-14-56-53(68)54-2/h21-30H,11-20,31H2,1-10H3,(H,55,57)(H2,54,56,68). The maximum absolute atomic E-state index is 13.3. The summed E-state index contributed by atoms with van der Waals surface area (Å²) in [5.41, 5.74) is 8.67. The summed E-state index contributed by atoms with van der Waals surface area (Å²) < 4.78 is 61.6. The Morgan fingerprint density at radius 1 is 0.441 bits per heavy atom. The molecular formula is C53H65N3O11S. The first kappa shape index (κ1) is 50.7. The van der Waals surface area contributed by atoms with Crippen LogP contribution in [0.1, 0.15) is 75.4 Å². The van der Waals surface area contributed by atoms with Gasteiger partial charge in [0.15, 0.2) is 11.7 Å². The third-order valence-electron chi connectivity index (χ3n) is 12.0. The van der Waals surface area contributed by atoms with Gasteiger partial charge in [0.25, 0.3) is 5.91 Å². The molecule has 0 aromatic heterocycles. The summed E-state index contributed by atoms with van der Waals surface area (Å²) in [7, 11) is 15.0. The molecule has 10 bridgehead atoms. The smallest absolute Gasteiger partial charge is 0.258 e. The molecule has 14 nitrogen and oxygen atoms in total. The number of benzene rings is 5. The van der Waals surface area contributed by atoms with Gasteiger partial charge in [-0.1, -0.05) is 13.3 Å². The molecule has 15 heteroatoms. The Morgan fingerprint density at radius 2 is 0.706 bits per heavy atom. The Bertz CT molecular complexity index is 2560. The number of rotatable bonds is 18. The van der Waals surface area contributed by atoms with E-state index in [9.17, 15) is 4.79 Å². The van der Waals surface area contributed by atoms with Crippen LogP contribution in [0.5, 0.6) is 57.5 Å². The van der Waals surface area contributed by atoms with Gasteiger partial charge in [-0.3, -0.25) is 4.79 Å². The molecule has 0 spiro atoms. The molecule has 0 radical (unpaired) electrons. The summed E-state index contributed by atoms with van der Waals surface area (Å²) >= 11 is 5.18. The molecule has 68 heavy (non-hydrogen) atoms. The Morgan fingerprint density at radius 3 is 0.985 bits per heavy atom. The number of hydrogen-bond acceptors (Lipinski definition) is 12. The lowest BCUT2D eigenvalue weighted by Crippen LogP contribution is -2.39. The lowest BCUT2D eigenvalue weighted by molar-refractivity contribution is -0.123. The quantitative estimate of drug-likeness (QED) is 0.0570. The summed E-state index contributed by atoms with van der Waals surface area (Å²) in [5.74, 6) is 6.27. The predicted octanol–water partition coefficient (Wildman–Crippen LogP) is 7.79. The first-order chi connectivity index (χ1) is 33.0. The van der Waals surface area contributed by atoms with Crippen molar-refractivity contribution in [3.63, 3.8) is 0 Å². The maximum Gasteiger partial charge on any atom is 0.258 e. The Kier molecular flexibility index (Phi) is 18.1. The van der Waals surface area contributed by atoms with Crippen LogP contribution >= 0.6 is 12.2 Å². The number of thiocarbonyl (C=S) groups is 1. The van der Waals surface area contributed by atoms with Gasteiger partial charge in [0.1, 0.15) is 57.5 Å². The molecule has 0 heterocycles. The van der Waals surface area contributed by atoms with Gasteiger partial charge in [-0.15, -0.1) is 0 Å². The van der Waals surface area contributed by atoms with Crippen LogP contribution in [0.25, 0.3) is 0 Å². The van der Waals surface area contributed by atoms with Gasteiger partial charge in [0.2, 0.25) is 0 Å². The summed E-state index contributed by atoms with van der Waals surface area (Å²) in [4.78, 5) is 13.3. The van der Waals surface area contributed by atoms with Crippen LogP contribution in [0.3, 0.4) is 0 Å². The lowest BCUT2D eigenvalue weighted by Gasteiger charge is -2.21. The number of hydrogen-bond donors (Lipinski definition) is 3. The van der Waals surface area contributed by atoms with E-state index < -0.39 is 0 Å². The van der Waals surface area contributed by atoms with Crippen molar-refractivity contribution in [3.8, 4) is 57.5 Å². The lowest BCUT2D eigenvalue weighted by atomic mass is 9.94. The van der Waals surface area contributed by atoms with Crippen molar-refractivity contribution in [2.24, 2.45) is 0 Å². The molecule has 0 unspecified atom stereocenters. The van der Waals surface area contributed by atoms with Gasteiger partial charge in [-0.25, -0.2) is 0 Å². The minimum absolute atomic E-state index is 0.233. The predicted molar refractivity (Wildman–Crippen MR) is 267 cm³/mol. The number of methoxy groups -OCH3 is 8. The molecular weight excluding hydrogens is 887 g/mol. The normalized spacial score (nSPS) is 11.9. The van der Waals surface area contributed by atoms with E-state index in [-0.39, 0.29) is 12.5 Å². The molecule has 0 fully saturated rings. The average molecular weight is 952 g/mol. The number of carbonyl (C=O) groups excluding carboxylic acids is 1. The van der Waals surface area contributed by atoms with Crippen molar-refractivity contribution in [1.29, 1.82) is 0 Å². The fraction of sp³-hybridized carbons (Fsp3) is 0.396. The molecule has 10 aliphatic carbocycles. The fourth-order valence-electron chi connectivity index (χ4n) is 8.40. The van der Waals surface area contributed by atoms with E-state index in [1.54, 1.807) is 63.9 Å². The van der Waals surface area contributed by atoms with E-state index in [4.69, 9.17) is 59.6 Å². The SMILES string of the molecule is CCCCOc1cc2c(OCC(=O)NCCNC(=S)NC)cc1Cc1cc(OC)c(cc1OC)Cc1cc(OC)c(cc1OC)Cc1cc(OC)c(cc1OC)Cc1cc(OC)c(cc1OC)C2. The summed E-state index contributed by atoms with van der Waals surface area (Å²) in [6.45, 7) is 3.19. The van der Waals surface area contributed by atoms with Gasteiger partial charge >= 0.3 is 0 Å². The van der Waals surface area contributed by atoms with E-state index in [2.05, 4.69) is 22.9 Å². The Balaban J connectivity index is 1.56. The molecule has 5 aromatic rings. The molecule has 364 valence electrons. The van der Waals surface area contributed by atoms with Gasteiger partial charge < -0.3 is 63.3 Å².